The molecule has 0 aliphatic carbocycles. The van der Waals surface area contributed by atoms with Gasteiger partial charge in [-0.25, -0.2) is 4.39 Å². The van der Waals surface area contributed by atoms with Crippen LogP contribution in [0.4, 0.5) is 15.8 Å². The smallest absolute Gasteiger partial charge is 0.266 e. The maximum Gasteiger partial charge on any atom is 0.266 e. The van der Waals surface area contributed by atoms with Crippen molar-refractivity contribution in [3.8, 4) is 17.6 Å². The number of rotatable bonds is 9. The molecule has 0 heterocycles. The van der Waals surface area contributed by atoms with Crippen LogP contribution in [0.2, 0.25) is 0 Å². The highest BCUT2D eigenvalue weighted by molar-refractivity contribution is 6.09. The molecule has 35 heavy (non-hydrogen) atoms. The molecular formula is C27H24FN3O4. The summed E-state index contributed by atoms with van der Waals surface area (Å²) >= 11 is 0. The highest BCUT2D eigenvalue weighted by Crippen LogP contribution is 2.29. The van der Waals surface area contributed by atoms with Gasteiger partial charge in [-0.15, -0.1) is 0 Å². The van der Waals surface area contributed by atoms with Crippen LogP contribution in [0.5, 0.6) is 11.5 Å². The third kappa shape index (κ3) is 7.44. The predicted octanol–water partition coefficient (Wildman–Crippen LogP) is 5.10. The summed E-state index contributed by atoms with van der Waals surface area (Å²) in [4.78, 5) is 24.7. The van der Waals surface area contributed by atoms with E-state index in [-0.39, 0.29) is 12.2 Å². The average molecular weight is 474 g/mol. The van der Waals surface area contributed by atoms with Gasteiger partial charge in [-0.2, -0.15) is 5.26 Å². The second-order valence-electron chi connectivity index (χ2n) is 7.47. The Morgan fingerprint density at radius 3 is 2.26 bits per heavy atom. The van der Waals surface area contributed by atoms with Gasteiger partial charge in [0.25, 0.3) is 11.8 Å². The van der Waals surface area contributed by atoms with Crippen molar-refractivity contribution in [1.29, 1.82) is 5.26 Å². The molecule has 0 unspecified atom stereocenters. The summed E-state index contributed by atoms with van der Waals surface area (Å²) in [7, 11) is 0. The molecule has 0 bridgehead atoms. The number of nitriles is 1. The highest BCUT2D eigenvalue weighted by atomic mass is 19.1. The van der Waals surface area contributed by atoms with Crippen molar-refractivity contribution in [3.05, 3.63) is 89.2 Å². The number of carbonyl (C=O) groups is 2. The summed E-state index contributed by atoms with van der Waals surface area (Å²) in [5, 5.41) is 14.8. The van der Waals surface area contributed by atoms with Crippen LogP contribution in [-0.2, 0) is 9.59 Å². The number of halogens is 1. The fraction of sp³-hybridized carbons (Fsp3) is 0.148. The van der Waals surface area contributed by atoms with Crippen molar-refractivity contribution in [2.24, 2.45) is 0 Å². The van der Waals surface area contributed by atoms with E-state index in [2.05, 4.69) is 10.6 Å². The molecule has 0 aliphatic heterocycles. The fourth-order valence-electron chi connectivity index (χ4n) is 3.03. The van der Waals surface area contributed by atoms with Crippen molar-refractivity contribution in [2.75, 3.05) is 23.8 Å². The predicted molar refractivity (Wildman–Crippen MR) is 132 cm³/mol. The van der Waals surface area contributed by atoms with Gasteiger partial charge in [0, 0.05) is 11.4 Å². The molecule has 0 aliphatic rings. The molecule has 3 aromatic carbocycles. The average Bonchev–Trinajstić information content (AvgIpc) is 2.85. The third-order valence-electron chi connectivity index (χ3n) is 4.74. The molecule has 0 atom stereocenters. The van der Waals surface area contributed by atoms with E-state index in [1.165, 1.54) is 30.3 Å². The summed E-state index contributed by atoms with van der Waals surface area (Å²) in [6, 6.07) is 19.4. The number of amides is 2. The third-order valence-corrected chi connectivity index (χ3v) is 4.74. The molecule has 8 heteroatoms. The van der Waals surface area contributed by atoms with Crippen LogP contribution in [0.25, 0.3) is 6.08 Å². The molecule has 2 N–H and O–H groups in total. The van der Waals surface area contributed by atoms with E-state index in [4.69, 9.17) is 9.47 Å². The van der Waals surface area contributed by atoms with E-state index in [9.17, 15) is 19.2 Å². The van der Waals surface area contributed by atoms with E-state index in [0.29, 0.717) is 35.0 Å². The van der Waals surface area contributed by atoms with Crippen LogP contribution >= 0.6 is 0 Å². The molecule has 0 spiro atoms. The second-order valence-corrected chi connectivity index (χ2v) is 7.47. The first-order valence-electron chi connectivity index (χ1n) is 10.8. The Hall–Kier alpha value is -4.64. The van der Waals surface area contributed by atoms with Crippen molar-refractivity contribution >= 4 is 29.3 Å². The summed E-state index contributed by atoms with van der Waals surface area (Å²) in [6.07, 6.45) is 1.44. The van der Waals surface area contributed by atoms with E-state index >= 15 is 0 Å². The molecule has 0 saturated carbocycles. The Balaban J connectivity index is 1.69. The lowest BCUT2D eigenvalue weighted by Crippen LogP contribution is -2.20. The van der Waals surface area contributed by atoms with Crippen LogP contribution in [0.15, 0.2) is 72.3 Å². The van der Waals surface area contributed by atoms with Crippen molar-refractivity contribution in [1.82, 2.24) is 0 Å². The lowest BCUT2D eigenvalue weighted by Gasteiger charge is -2.13. The van der Waals surface area contributed by atoms with Gasteiger partial charge < -0.3 is 20.1 Å². The Morgan fingerprint density at radius 2 is 1.60 bits per heavy atom. The van der Waals surface area contributed by atoms with Crippen LogP contribution in [-0.4, -0.2) is 25.0 Å². The molecule has 0 saturated heterocycles. The van der Waals surface area contributed by atoms with Crippen LogP contribution < -0.4 is 20.1 Å². The first kappa shape index (κ1) is 25.0. The quantitative estimate of drug-likeness (QED) is 0.333. The summed E-state index contributed by atoms with van der Waals surface area (Å²) < 4.78 is 24.2. The molecule has 0 fully saturated rings. The van der Waals surface area contributed by atoms with E-state index in [0.717, 1.165) is 5.56 Å². The van der Waals surface area contributed by atoms with E-state index in [1.807, 2.05) is 25.1 Å². The number of carbonyl (C=O) groups excluding carboxylic acids is 2. The van der Waals surface area contributed by atoms with E-state index < -0.39 is 17.6 Å². The largest absolute Gasteiger partial charge is 0.490 e. The van der Waals surface area contributed by atoms with Crippen molar-refractivity contribution in [2.45, 2.75) is 13.8 Å². The Kier molecular flexibility index (Phi) is 8.57. The van der Waals surface area contributed by atoms with Gasteiger partial charge >= 0.3 is 0 Å². The summed E-state index contributed by atoms with van der Waals surface area (Å²) in [6.45, 7) is 3.77. The second kappa shape index (κ2) is 12.0. The fourth-order valence-corrected chi connectivity index (χ4v) is 3.03. The number of nitrogens with zero attached hydrogens (tertiary/aromatic N) is 1. The van der Waals surface area contributed by atoms with Crippen molar-refractivity contribution < 1.29 is 23.5 Å². The van der Waals surface area contributed by atoms with Crippen LogP contribution in [0.3, 0.4) is 0 Å². The Labute approximate surface area is 202 Å². The lowest BCUT2D eigenvalue weighted by molar-refractivity contribution is -0.118. The number of anilines is 2. The summed E-state index contributed by atoms with van der Waals surface area (Å²) in [5.41, 5.74) is 2.54. The topological polar surface area (TPSA) is 100 Å². The minimum Gasteiger partial charge on any atom is -0.490 e. The lowest BCUT2D eigenvalue weighted by atomic mass is 10.1. The zero-order valence-electron chi connectivity index (χ0n) is 19.3. The molecule has 178 valence electrons. The minimum atomic E-state index is -0.535. The number of nitrogens with one attached hydrogen (secondary N) is 2. The van der Waals surface area contributed by atoms with Gasteiger partial charge in [-0.1, -0.05) is 23.8 Å². The van der Waals surface area contributed by atoms with Gasteiger partial charge in [0.15, 0.2) is 18.1 Å². The van der Waals surface area contributed by atoms with Gasteiger partial charge in [0.1, 0.15) is 17.5 Å². The van der Waals surface area contributed by atoms with Gasteiger partial charge in [-0.05, 0) is 74.0 Å². The minimum absolute atomic E-state index is 0.0830. The first-order chi connectivity index (χ1) is 16.9. The van der Waals surface area contributed by atoms with Crippen molar-refractivity contribution in [3.63, 3.8) is 0 Å². The number of hydrogen-bond donors (Lipinski definition) is 2. The van der Waals surface area contributed by atoms with Gasteiger partial charge in [0.2, 0.25) is 0 Å². The van der Waals surface area contributed by atoms with Gasteiger partial charge in [-0.3, -0.25) is 9.59 Å². The molecule has 3 aromatic rings. The Morgan fingerprint density at radius 1 is 0.943 bits per heavy atom. The van der Waals surface area contributed by atoms with Gasteiger partial charge in [0.05, 0.1) is 6.61 Å². The molecular weight excluding hydrogens is 449 g/mol. The standard InChI is InChI=1S/C27H24FN3O4/c1-3-34-25-15-19(14-20(16-29)27(33)31-23-9-4-18(2)5-10-23)6-13-24(25)35-17-26(32)30-22-11-7-21(28)8-12-22/h4-15H,3,17H2,1-2H3,(H,30,32)(H,31,33). The normalized spacial score (nSPS) is 10.7. The van der Waals surface area contributed by atoms with E-state index in [1.54, 1.807) is 37.3 Å². The molecule has 3 rings (SSSR count). The first-order valence-corrected chi connectivity index (χ1v) is 10.8. The summed E-state index contributed by atoms with van der Waals surface area (Å²) in [5.74, 6) is -0.690. The number of ether oxygens (including phenoxy) is 2. The maximum atomic E-state index is 13.0. The number of hydrogen-bond acceptors (Lipinski definition) is 5. The van der Waals surface area contributed by atoms with Crippen LogP contribution in [0, 0.1) is 24.1 Å². The molecule has 0 radical (unpaired) electrons. The molecule has 2 amide bonds. The monoisotopic (exact) mass is 473 g/mol. The van der Waals surface area contributed by atoms with Crippen LogP contribution in [0.1, 0.15) is 18.1 Å². The highest BCUT2D eigenvalue weighted by Gasteiger charge is 2.13. The zero-order chi connectivity index (χ0) is 25.2. The zero-order valence-corrected chi connectivity index (χ0v) is 19.3. The molecule has 7 nitrogen and oxygen atoms in total. The Bertz CT molecular complexity index is 1260. The SMILES string of the molecule is CCOc1cc(C=C(C#N)C(=O)Nc2ccc(C)cc2)ccc1OCC(=O)Nc1ccc(F)cc1. The number of aryl methyl sites for hydroxylation is 1. The number of benzene rings is 3. The maximum absolute atomic E-state index is 13.0. The molecule has 0 aromatic heterocycles.